The Balaban J connectivity index is 1.58. The highest BCUT2D eigenvalue weighted by Gasteiger charge is 2.30. The summed E-state index contributed by atoms with van der Waals surface area (Å²) in [7, 11) is 0. The smallest absolute Gasteiger partial charge is 0.335 e. The van der Waals surface area contributed by atoms with Gasteiger partial charge in [0.15, 0.2) is 11.3 Å². The van der Waals surface area contributed by atoms with E-state index in [1.807, 2.05) is 30.3 Å². The molecule has 1 atom stereocenters. The Hall–Kier alpha value is -4.80. The first-order chi connectivity index (χ1) is 17.0. The van der Waals surface area contributed by atoms with Crippen LogP contribution in [0.25, 0.3) is 11.4 Å². The van der Waals surface area contributed by atoms with Crippen LogP contribution >= 0.6 is 0 Å². The van der Waals surface area contributed by atoms with Crippen molar-refractivity contribution in [3.63, 3.8) is 0 Å². The third kappa shape index (κ3) is 4.26. The number of aliphatic imine (C=N–C) groups is 1. The summed E-state index contributed by atoms with van der Waals surface area (Å²) < 4.78 is 8.96. The highest BCUT2D eigenvalue weighted by Crippen LogP contribution is 2.22. The van der Waals surface area contributed by atoms with Crippen molar-refractivity contribution in [1.29, 1.82) is 0 Å². The summed E-state index contributed by atoms with van der Waals surface area (Å²) in [6, 6.07) is 16.3. The third-order valence-electron chi connectivity index (χ3n) is 5.81. The van der Waals surface area contributed by atoms with Gasteiger partial charge in [0, 0.05) is 13.1 Å². The van der Waals surface area contributed by atoms with Crippen molar-refractivity contribution >= 4 is 18.0 Å². The van der Waals surface area contributed by atoms with Crippen LogP contribution in [-0.4, -0.2) is 39.4 Å². The molecule has 9 heteroatoms. The van der Waals surface area contributed by atoms with Crippen LogP contribution in [0.3, 0.4) is 0 Å². The van der Waals surface area contributed by atoms with Gasteiger partial charge >= 0.3 is 5.69 Å². The van der Waals surface area contributed by atoms with Crippen LogP contribution in [0.1, 0.15) is 19.4 Å². The van der Waals surface area contributed by atoms with Gasteiger partial charge in [-0.15, -0.1) is 0 Å². The van der Waals surface area contributed by atoms with Gasteiger partial charge < -0.3 is 15.4 Å². The number of benzene rings is 2. The van der Waals surface area contributed by atoms with Crippen LogP contribution < -0.4 is 27.0 Å². The Morgan fingerprint density at radius 1 is 1.14 bits per heavy atom. The Morgan fingerprint density at radius 2 is 1.89 bits per heavy atom. The van der Waals surface area contributed by atoms with E-state index < -0.39 is 0 Å². The van der Waals surface area contributed by atoms with E-state index in [2.05, 4.69) is 27.6 Å². The lowest BCUT2D eigenvalue weighted by Crippen LogP contribution is -2.37. The molecule has 35 heavy (non-hydrogen) atoms. The first-order valence-electron chi connectivity index (χ1n) is 11.1. The van der Waals surface area contributed by atoms with E-state index in [0.29, 0.717) is 47.5 Å². The van der Waals surface area contributed by atoms with E-state index in [-0.39, 0.29) is 23.5 Å². The topological polar surface area (TPSA) is 107 Å². The van der Waals surface area contributed by atoms with E-state index >= 15 is 0 Å². The second-order valence-corrected chi connectivity index (χ2v) is 8.02. The summed E-state index contributed by atoms with van der Waals surface area (Å²) in [5.74, 6) is 6.40. The lowest BCUT2D eigenvalue weighted by molar-refractivity contribution is -0.124. The van der Waals surface area contributed by atoms with Crippen LogP contribution in [0.2, 0.25) is 0 Å². The first kappa shape index (κ1) is 22.0. The Labute approximate surface area is 200 Å². The number of rotatable bonds is 4. The number of hydrogen-bond acceptors (Lipinski definition) is 6. The highest BCUT2D eigenvalue weighted by atomic mass is 16.5. The molecule has 1 fully saturated rings. The van der Waals surface area contributed by atoms with Crippen LogP contribution in [0.4, 0.5) is 0 Å². The molecule has 0 spiro atoms. The molecule has 174 valence electrons. The standard InChI is InChI=1S/C26H22N6O3/c1-2-6-24(33)30-14-13-19(16-30)32-25-22(15-23(27)28-17-29-25)31(26(32)34)18-9-11-21(12-10-18)35-20-7-4-3-5-8-20/h3-5,7-12,17,19H,13-14,16,27H2,1H3/t19-/m1/s1. The third-order valence-corrected chi connectivity index (χ3v) is 5.81. The number of aromatic nitrogens is 2. The number of carbonyl (C=O) groups is 1. The summed E-state index contributed by atoms with van der Waals surface area (Å²) in [6.45, 7) is 2.49. The fourth-order valence-corrected chi connectivity index (χ4v) is 4.22. The normalized spacial score (nSPS) is 16.2. The number of fused-ring (bicyclic) bond motifs is 1. The molecular formula is C26H22N6O3. The number of para-hydroxylation sites is 1. The molecule has 1 saturated heterocycles. The summed E-state index contributed by atoms with van der Waals surface area (Å²) in [5.41, 5.74) is 9.64. The van der Waals surface area contributed by atoms with Crippen molar-refractivity contribution in [2.75, 3.05) is 13.1 Å². The van der Waals surface area contributed by atoms with Crippen molar-refractivity contribution in [3.8, 4) is 29.0 Å². The number of hydrogen-bond donors (Lipinski definition) is 1. The van der Waals surface area contributed by atoms with E-state index in [0.717, 1.165) is 0 Å². The number of amides is 1. The van der Waals surface area contributed by atoms with E-state index in [1.165, 1.54) is 10.9 Å². The van der Waals surface area contributed by atoms with E-state index in [9.17, 15) is 9.59 Å². The number of nitrogens with two attached hydrogens (primary N) is 1. The van der Waals surface area contributed by atoms with Crippen LogP contribution in [0.5, 0.6) is 11.5 Å². The van der Waals surface area contributed by atoms with Crippen LogP contribution in [0, 0.1) is 11.8 Å². The van der Waals surface area contributed by atoms with E-state index in [1.54, 1.807) is 40.7 Å². The molecule has 0 unspecified atom stereocenters. The molecule has 2 aliphatic rings. The van der Waals surface area contributed by atoms with Crippen molar-refractivity contribution in [3.05, 3.63) is 81.7 Å². The van der Waals surface area contributed by atoms with Crippen molar-refractivity contribution in [2.24, 2.45) is 15.7 Å². The van der Waals surface area contributed by atoms with Gasteiger partial charge in [0.2, 0.25) is 0 Å². The maximum Gasteiger partial charge on any atom is 0.335 e. The summed E-state index contributed by atoms with van der Waals surface area (Å²) >= 11 is 0. The molecule has 2 aliphatic heterocycles. The first-order valence-corrected chi connectivity index (χ1v) is 11.1. The lowest BCUT2D eigenvalue weighted by atomic mass is 10.2. The second-order valence-electron chi connectivity index (χ2n) is 8.02. The summed E-state index contributed by atoms with van der Waals surface area (Å²) in [4.78, 5) is 36.0. The van der Waals surface area contributed by atoms with Crippen LogP contribution in [0.15, 0.2) is 75.2 Å². The van der Waals surface area contributed by atoms with Gasteiger partial charge in [0.05, 0.1) is 11.7 Å². The van der Waals surface area contributed by atoms with Crippen molar-refractivity contribution in [1.82, 2.24) is 14.0 Å². The minimum atomic E-state index is -0.299. The molecule has 0 bridgehead atoms. The number of imidazole rings is 1. The van der Waals surface area contributed by atoms with Gasteiger partial charge in [-0.3, -0.25) is 13.9 Å². The quantitative estimate of drug-likeness (QED) is 0.581. The lowest BCUT2D eigenvalue weighted by Gasteiger charge is -2.13. The zero-order valence-corrected chi connectivity index (χ0v) is 19.0. The second kappa shape index (κ2) is 9.21. The van der Waals surface area contributed by atoms with Gasteiger partial charge in [0.25, 0.3) is 5.91 Å². The molecule has 9 nitrogen and oxygen atoms in total. The average Bonchev–Trinajstić information content (AvgIpc) is 3.38. The number of carbonyl (C=O) groups excluding carboxylic acids is 1. The Bertz CT molecular complexity index is 1600. The van der Waals surface area contributed by atoms with Gasteiger partial charge in [-0.25, -0.2) is 14.8 Å². The molecule has 2 aromatic carbocycles. The zero-order chi connectivity index (χ0) is 24.4. The zero-order valence-electron chi connectivity index (χ0n) is 19.0. The predicted molar refractivity (Wildman–Crippen MR) is 131 cm³/mol. The minimum Gasteiger partial charge on any atom is -0.457 e. The predicted octanol–water partition coefficient (Wildman–Crippen LogP) is 1.07. The molecule has 1 amide bonds. The maximum atomic E-state index is 13.7. The molecule has 1 aromatic heterocycles. The van der Waals surface area contributed by atoms with Gasteiger partial charge in [-0.2, -0.15) is 0 Å². The molecule has 0 saturated carbocycles. The Kier molecular flexibility index (Phi) is 5.80. The maximum absolute atomic E-state index is 13.7. The highest BCUT2D eigenvalue weighted by molar-refractivity contribution is 5.93. The number of likely N-dealkylation sites (tertiary alicyclic amines) is 1. The fraction of sp³-hybridized carbons (Fsp3) is 0.192. The fourth-order valence-electron chi connectivity index (χ4n) is 4.22. The van der Waals surface area contributed by atoms with E-state index in [4.69, 9.17) is 10.5 Å². The van der Waals surface area contributed by atoms with Gasteiger partial charge in [0.1, 0.15) is 23.2 Å². The van der Waals surface area contributed by atoms with Crippen LogP contribution in [-0.2, 0) is 4.79 Å². The molecule has 0 aliphatic carbocycles. The average molecular weight is 467 g/mol. The molecule has 2 N–H and O–H groups in total. The SMILES string of the molecule is CC#CC(=O)N1CC[C@@H](n2c3c(n(-c4ccc(Oc5ccccc5)cc4)c2=O)=C=C(N)N=CN=3)C1. The molecule has 3 aromatic rings. The molecule has 3 heterocycles. The monoisotopic (exact) mass is 466 g/mol. The Morgan fingerprint density at radius 3 is 2.63 bits per heavy atom. The minimum absolute atomic E-state index is 0.115. The molecular weight excluding hydrogens is 444 g/mol. The number of ether oxygens (including phenoxy) is 1. The van der Waals surface area contributed by atoms with Gasteiger partial charge in [-0.1, -0.05) is 24.1 Å². The van der Waals surface area contributed by atoms with Crippen molar-refractivity contribution < 1.29 is 9.53 Å². The molecule has 0 radical (unpaired) electrons. The van der Waals surface area contributed by atoms with Gasteiger partial charge in [-0.05, 0) is 61.4 Å². The molecule has 5 rings (SSSR count). The van der Waals surface area contributed by atoms with Crippen molar-refractivity contribution in [2.45, 2.75) is 19.4 Å². The number of nitrogens with zero attached hydrogens (tertiary/aromatic N) is 5. The summed E-state index contributed by atoms with van der Waals surface area (Å²) in [6.07, 6.45) is 1.91. The largest absolute Gasteiger partial charge is 0.457 e. The summed E-state index contributed by atoms with van der Waals surface area (Å²) in [5, 5.41) is 0.403.